The SMILES string of the molecule is COc1ccc(NC(C)=O)cc1NC(=O)CC1(Cn2cnnn2)CCCCC1. The fourth-order valence-corrected chi connectivity index (χ4v) is 3.91. The molecule has 0 unspecified atom stereocenters. The summed E-state index contributed by atoms with van der Waals surface area (Å²) in [5, 5.41) is 17.0. The molecule has 1 aliphatic rings. The Morgan fingerprint density at radius 3 is 2.64 bits per heavy atom. The van der Waals surface area contributed by atoms with Gasteiger partial charge in [0.25, 0.3) is 0 Å². The quantitative estimate of drug-likeness (QED) is 0.757. The molecule has 1 saturated carbocycles. The zero-order valence-corrected chi connectivity index (χ0v) is 16.3. The highest BCUT2D eigenvalue weighted by Crippen LogP contribution is 2.41. The molecule has 1 aromatic carbocycles. The predicted octanol–water partition coefficient (Wildman–Crippen LogP) is 2.62. The van der Waals surface area contributed by atoms with Crippen LogP contribution in [0.4, 0.5) is 11.4 Å². The van der Waals surface area contributed by atoms with Crippen LogP contribution < -0.4 is 15.4 Å². The lowest BCUT2D eigenvalue weighted by atomic mass is 9.71. The monoisotopic (exact) mass is 386 g/mol. The van der Waals surface area contributed by atoms with Crippen molar-refractivity contribution in [1.29, 1.82) is 0 Å². The third kappa shape index (κ3) is 5.05. The Labute approximate surface area is 163 Å². The van der Waals surface area contributed by atoms with Crippen molar-refractivity contribution >= 4 is 23.2 Å². The number of aromatic nitrogens is 4. The van der Waals surface area contributed by atoms with Gasteiger partial charge in [-0.05, 0) is 46.9 Å². The Morgan fingerprint density at radius 1 is 1.21 bits per heavy atom. The Bertz CT molecular complexity index is 815. The highest BCUT2D eigenvalue weighted by Gasteiger charge is 2.35. The van der Waals surface area contributed by atoms with E-state index in [-0.39, 0.29) is 17.2 Å². The van der Waals surface area contributed by atoms with Crippen LogP contribution >= 0.6 is 0 Å². The van der Waals surface area contributed by atoms with E-state index in [9.17, 15) is 9.59 Å². The van der Waals surface area contributed by atoms with Gasteiger partial charge >= 0.3 is 0 Å². The van der Waals surface area contributed by atoms with E-state index < -0.39 is 0 Å². The van der Waals surface area contributed by atoms with Gasteiger partial charge in [-0.25, -0.2) is 4.68 Å². The van der Waals surface area contributed by atoms with Crippen LogP contribution in [0.3, 0.4) is 0 Å². The molecule has 0 atom stereocenters. The van der Waals surface area contributed by atoms with Gasteiger partial charge in [0.1, 0.15) is 12.1 Å². The average molecular weight is 386 g/mol. The van der Waals surface area contributed by atoms with Crippen LogP contribution in [0.15, 0.2) is 24.5 Å². The van der Waals surface area contributed by atoms with Crippen LogP contribution in [0.1, 0.15) is 45.4 Å². The molecule has 1 heterocycles. The lowest BCUT2D eigenvalue weighted by molar-refractivity contribution is -0.119. The molecule has 9 nitrogen and oxygen atoms in total. The summed E-state index contributed by atoms with van der Waals surface area (Å²) < 4.78 is 7.05. The third-order valence-corrected chi connectivity index (χ3v) is 5.13. The van der Waals surface area contributed by atoms with Crippen LogP contribution in [0.2, 0.25) is 0 Å². The van der Waals surface area contributed by atoms with Crippen LogP contribution in [0, 0.1) is 5.41 Å². The predicted molar refractivity (Wildman–Crippen MR) is 104 cm³/mol. The summed E-state index contributed by atoms with van der Waals surface area (Å²) in [6.07, 6.45) is 7.26. The summed E-state index contributed by atoms with van der Waals surface area (Å²) in [7, 11) is 1.55. The number of benzene rings is 1. The van der Waals surface area contributed by atoms with Crippen molar-refractivity contribution in [1.82, 2.24) is 20.2 Å². The van der Waals surface area contributed by atoms with Crippen molar-refractivity contribution in [2.24, 2.45) is 5.41 Å². The molecule has 1 aromatic heterocycles. The number of hydrogen-bond acceptors (Lipinski definition) is 6. The Morgan fingerprint density at radius 2 is 2.00 bits per heavy atom. The van der Waals surface area contributed by atoms with Crippen LogP contribution in [-0.4, -0.2) is 39.1 Å². The van der Waals surface area contributed by atoms with Gasteiger partial charge in [0, 0.05) is 19.0 Å². The number of carbonyl (C=O) groups excluding carboxylic acids is 2. The minimum Gasteiger partial charge on any atom is -0.495 e. The maximum absolute atomic E-state index is 12.9. The van der Waals surface area contributed by atoms with Gasteiger partial charge < -0.3 is 15.4 Å². The second kappa shape index (κ2) is 8.81. The van der Waals surface area contributed by atoms with E-state index in [4.69, 9.17) is 4.74 Å². The summed E-state index contributed by atoms with van der Waals surface area (Å²) in [6, 6.07) is 5.15. The zero-order chi connectivity index (χ0) is 20.0. The minimum atomic E-state index is -0.176. The van der Waals surface area contributed by atoms with E-state index in [1.807, 2.05) is 0 Å². The minimum absolute atomic E-state index is 0.0896. The number of rotatable bonds is 7. The van der Waals surface area contributed by atoms with Gasteiger partial charge in [-0.2, -0.15) is 0 Å². The Hall–Kier alpha value is -2.97. The smallest absolute Gasteiger partial charge is 0.225 e. The van der Waals surface area contributed by atoms with E-state index >= 15 is 0 Å². The van der Waals surface area contributed by atoms with Gasteiger partial charge in [-0.1, -0.05) is 19.3 Å². The fourth-order valence-electron chi connectivity index (χ4n) is 3.91. The fraction of sp³-hybridized carbons (Fsp3) is 0.526. The van der Waals surface area contributed by atoms with E-state index in [1.54, 1.807) is 36.3 Å². The number of anilines is 2. The van der Waals surface area contributed by atoms with Gasteiger partial charge in [0.05, 0.1) is 19.3 Å². The van der Waals surface area contributed by atoms with E-state index in [1.165, 1.54) is 13.3 Å². The number of hydrogen-bond donors (Lipinski definition) is 2. The number of nitrogens with zero attached hydrogens (tertiary/aromatic N) is 4. The number of carbonyl (C=O) groups is 2. The molecule has 2 amide bonds. The standard InChI is InChI=1S/C19H26N6O3/c1-14(26)21-15-6-7-17(28-2)16(10-15)22-18(27)11-19(8-4-3-5-9-19)12-25-13-20-23-24-25/h6-7,10,13H,3-5,8-9,11-12H2,1-2H3,(H,21,26)(H,22,27). The molecular weight excluding hydrogens is 360 g/mol. The van der Waals surface area contributed by atoms with Crippen molar-refractivity contribution < 1.29 is 14.3 Å². The maximum Gasteiger partial charge on any atom is 0.225 e. The van der Waals surface area contributed by atoms with E-state index in [0.29, 0.717) is 30.1 Å². The van der Waals surface area contributed by atoms with Crippen LogP contribution in [0.25, 0.3) is 0 Å². The number of ether oxygens (including phenoxy) is 1. The van der Waals surface area contributed by atoms with Gasteiger partial charge in [0.15, 0.2) is 0 Å². The van der Waals surface area contributed by atoms with Gasteiger partial charge in [-0.3, -0.25) is 9.59 Å². The normalized spacial score (nSPS) is 15.6. The van der Waals surface area contributed by atoms with Crippen molar-refractivity contribution in [2.75, 3.05) is 17.7 Å². The first-order chi connectivity index (χ1) is 13.5. The highest BCUT2D eigenvalue weighted by molar-refractivity contribution is 5.95. The number of nitrogens with one attached hydrogen (secondary N) is 2. The van der Waals surface area contributed by atoms with Crippen LogP contribution in [0.5, 0.6) is 5.75 Å². The van der Waals surface area contributed by atoms with Gasteiger partial charge in [-0.15, -0.1) is 5.10 Å². The van der Waals surface area contributed by atoms with Crippen molar-refractivity contribution in [3.63, 3.8) is 0 Å². The summed E-state index contributed by atoms with van der Waals surface area (Å²) in [5.74, 6) is 0.277. The molecule has 0 aliphatic heterocycles. The molecule has 3 rings (SSSR count). The van der Waals surface area contributed by atoms with Gasteiger partial charge in [0.2, 0.25) is 11.8 Å². The molecule has 2 aromatic rings. The summed E-state index contributed by atoms with van der Waals surface area (Å²) in [5.41, 5.74) is 0.969. The average Bonchev–Trinajstić information content (AvgIpc) is 3.14. The lowest BCUT2D eigenvalue weighted by Crippen LogP contribution is -2.34. The highest BCUT2D eigenvalue weighted by atomic mass is 16.5. The molecule has 0 bridgehead atoms. The molecule has 2 N–H and O–H groups in total. The molecule has 28 heavy (non-hydrogen) atoms. The number of tetrazole rings is 1. The first kappa shape index (κ1) is 19.8. The Kier molecular flexibility index (Phi) is 6.23. The third-order valence-electron chi connectivity index (χ3n) is 5.13. The van der Waals surface area contributed by atoms with Crippen LogP contribution in [-0.2, 0) is 16.1 Å². The van der Waals surface area contributed by atoms with Crippen molar-refractivity contribution in [3.05, 3.63) is 24.5 Å². The second-order valence-electron chi connectivity index (χ2n) is 7.39. The molecule has 9 heteroatoms. The molecule has 1 fully saturated rings. The molecule has 1 aliphatic carbocycles. The van der Waals surface area contributed by atoms with E-state index in [0.717, 1.165) is 25.7 Å². The van der Waals surface area contributed by atoms with Crippen molar-refractivity contribution in [3.8, 4) is 5.75 Å². The maximum atomic E-state index is 12.9. The Balaban J connectivity index is 1.74. The lowest BCUT2D eigenvalue weighted by Gasteiger charge is -2.36. The molecular formula is C19H26N6O3. The molecule has 0 saturated heterocycles. The second-order valence-corrected chi connectivity index (χ2v) is 7.39. The topological polar surface area (TPSA) is 111 Å². The van der Waals surface area contributed by atoms with Crippen molar-refractivity contribution in [2.45, 2.75) is 52.0 Å². The molecule has 150 valence electrons. The summed E-state index contributed by atoms with van der Waals surface area (Å²) >= 11 is 0. The zero-order valence-electron chi connectivity index (χ0n) is 16.3. The number of methoxy groups -OCH3 is 1. The number of amides is 2. The van der Waals surface area contributed by atoms with E-state index in [2.05, 4.69) is 26.2 Å². The first-order valence-electron chi connectivity index (χ1n) is 9.46. The summed E-state index contributed by atoms with van der Waals surface area (Å²) in [4.78, 5) is 24.2. The molecule has 0 radical (unpaired) electrons. The summed E-state index contributed by atoms with van der Waals surface area (Å²) in [6.45, 7) is 2.06. The molecule has 0 spiro atoms. The first-order valence-corrected chi connectivity index (χ1v) is 9.46. The largest absolute Gasteiger partial charge is 0.495 e.